The molecule has 5 N–H and O–H groups in total. The summed E-state index contributed by atoms with van der Waals surface area (Å²) >= 11 is 0. The highest BCUT2D eigenvalue weighted by molar-refractivity contribution is 6.19. The van der Waals surface area contributed by atoms with Crippen LogP contribution in [0.15, 0.2) is 46.1 Å². The lowest BCUT2D eigenvalue weighted by molar-refractivity contribution is -0.160. The van der Waals surface area contributed by atoms with Crippen molar-refractivity contribution >= 4 is 34.1 Å². The number of aliphatic hydroxyl groups is 2. The smallest absolute Gasteiger partial charge is 0.312 e. The first-order valence-electron chi connectivity index (χ1n) is 21.2. The van der Waals surface area contributed by atoms with Crippen LogP contribution in [0.3, 0.4) is 0 Å². The van der Waals surface area contributed by atoms with Gasteiger partial charge in [-0.05, 0) is 25.8 Å². The fourth-order valence-corrected chi connectivity index (χ4v) is 9.20. The lowest BCUT2D eigenvalue weighted by atomic mass is 9.78. The summed E-state index contributed by atoms with van der Waals surface area (Å²) in [4.78, 5) is 53.7. The van der Waals surface area contributed by atoms with Crippen LogP contribution in [0.4, 0.5) is 5.69 Å². The number of amides is 1. The third kappa shape index (κ3) is 8.54. The first-order chi connectivity index (χ1) is 28.6. The number of aromatic hydroxyl groups is 2. The molecule has 4 heterocycles. The van der Waals surface area contributed by atoms with Crippen LogP contribution in [0.25, 0.3) is 10.8 Å². The van der Waals surface area contributed by atoms with Crippen molar-refractivity contribution in [1.29, 1.82) is 0 Å². The van der Waals surface area contributed by atoms with Gasteiger partial charge in [-0.15, -0.1) is 0 Å². The monoisotopic (exact) mass is 846 g/mol. The van der Waals surface area contributed by atoms with Crippen LogP contribution in [0.2, 0.25) is 0 Å². The van der Waals surface area contributed by atoms with Gasteiger partial charge in [0.25, 0.3) is 11.7 Å². The van der Waals surface area contributed by atoms with Crippen molar-refractivity contribution in [3.8, 4) is 17.2 Å². The molecule has 4 bridgehead atoms. The summed E-state index contributed by atoms with van der Waals surface area (Å²) in [6, 6.07) is 0. The van der Waals surface area contributed by atoms with Crippen LogP contribution in [0, 0.1) is 36.5 Å². The number of hydrogen-bond acceptors (Lipinski definition) is 14. The minimum atomic E-state index is -1.96. The minimum Gasteiger partial charge on any atom is -0.507 e. The van der Waals surface area contributed by atoms with Gasteiger partial charge >= 0.3 is 11.8 Å². The van der Waals surface area contributed by atoms with Gasteiger partial charge in [-0.3, -0.25) is 24.4 Å². The number of piperidine rings is 1. The number of carbonyl (C=O) groups excluding carboxylic acids is 3. The molecule has 332 valence electrons. The molecule has 15 heteroatoms. The Hall–Kier alpha value is -4.83. The number of methoxy groups -OCH3 is 1. The first kappa shape index (κ1) is 45.7. The fraction of sp³-hybridized carbons (Fsp3) is 0.587. The Morgan fingerprint density at radius 2 is 1.62 bits per heavy atom. The molecule has 6 rings (SSSR count). The Kier molecular flexibility index (Phi) is 13.1. The molecular formula is C46H62N4O11. The molecule has 0 saturated carbocycles. The van der Waals surface area contributed by atoms with Crippen molar-refractivity contribution < 1.29 is 53.8 Å². The number of nitrogens with zero attached hydrogens (tertiary/aromatic N) is 3. The molecule has 0 aromatic heterocycles. The number of rotatable bonds is 4. The van der Waals surface area contributed by atoms with Gasteiger partial charge in [0.15, 0.2) is 11.4 Å². The summed E-state index contributed by atoms with van der Waals surface area (Å²) in [5.41, 5.74) is -0.572. The van der Waals surface area contributed by atoms with E-state index in [9.17, 15) is 34.8 Å². The number of esters is 1. The molecule has 2 aromatic rings. The molecule has 1 saturated heterocycles. The normalized spacial score (nSPS) is 32.7. The maximum absolute atomic E-state index is 14.7. The van der Waals surface area contributed by atoms with Crippen LogP contribution >= 0.6 is 0 Å². The Balaban J connectivity index is 1.54. The Morgan fingerprint density at radius 3 is 2.25 bits per heavy atom. The van der Waals surface area contributed by atoms with E-state index in [4.69, 9.17) is 28.9 Å². The number of hydrogen-bond donors (Lipinski definition) is 5. The maximum atomic E-state index is 14.7. The molecule has 4 aliphatic rings. The van der Waals surface area contributed by atoms with Gasteiger partial charge in [0.2, 0.25) is 0 Å². The molecule has 15 nitrogen and oxygen atoms in total. The third-order valence-electron chi connectivity index (χ3n) is 12.9. The number of benzene rings is 2. The topological polar surface area (TPSA) is 209 Å². The Labute approximate surface area is 356 Å². The van der Waals surface area contributed by atoms with E-state index in [2.05, 4.69) is 24.1 Å². The van der Waals surface area contributed by atoms with E-state index in [1.54, 1.807) is 65.8 Å². The molecule has 0 unspecified atom stereocenters. The van der Waals surface area contributed by atoms with Gasteiger partial charge in [-0.2, -0.15) is 0 Å². The summed E-state index contributed by atoms with van der Waals surface area (Å²) in [5.74, 6) is -6.44. The number of phenolic OH excluding ortho intramolecular Hbond substituents is 2. The highest BCUT2D eigenvalue weighted by Crippen LogP contribution is 2.50. The van der Waals surface area contributed by atoms with Crippen LogP contribution in [0.5, 0.6) is 17.2 Å². The minimum absolute atomic E-state index is 0.0364. The average molecular weight is 847 g/mol. The molecule has 4 aliphatic heterocycles. The van der Waals surface area contributed by atoms with E-state index in [1.165, 1.54) is 27.2 Å². The molecule has 1 fully saturated rings. The van der Waals surface area contributed by atoms with E-state index in [1.807, 2.05) is 0 Å². The summed E-state index contributed by atoms with van der Waals surface area (Å²) in [6.07, 6.45) is 5.04. The molecular weight excluding hydrogens is 785 g/mol. The number of aliphatic hydroxyl groups excluding tert-OH is 2. The van der Waals surface area contributed by atoms with Gasteiger partial charge in [-0.1, -0.05) is 59.8 Å². The number of likely N-dealkylation sites (tertiary alicyclic amines) is 1. The number of allylic oxidation sites excluding steroid dienone is 2. The fourth-order valence-electron chi connectivity index (χ4n) is 9.20. The first-order valence-corrected chi connectivity index (χ1v) is 21.2. The molecule has 61 heavy (non-hydrogen) atoms. The second kappa shape index (κ2) is 17.5. The SMILES string of the molecule is CO[C@H]1/C=C\O[C@@]2(C)Oc3c(C)c(O)c4c(O)c(c5c(c4c3C2=O)=NC2(CCN(CC(C)C)CC2)N=5)NC(=O)/C(C)=C/C=C/[C@H](C)[C@H](O)[C@@H](C)[C@@H](O)[C@@H](C)[C@H](OC(C)=O)[C@@H]1C. The van der Waals surface area contributed by atoms with E-state index >= 15 is 0 Å². The number of anilines is 1. The largest absolute Gasteiger partial charge is 0.507 e. The maximum Gasteiger partial charge on any atom is 0.312 e. The van der Waals surface area contributed by atoms with Gasteiger partial charge in [-0.25, -0.2) is 0 Å². The van der Waals surface area contributed by atoms with E-state index in [-0.39, 0.29) is 55.4 Å². The Bertz CT molecular complexity index is 2300. The molecule has 1 spiro atoms. The summed E-state index contributed by atoms with van der Waals surface area (Å²) < 4.78 is 24.0. The number of phenols is 2. The van der Waals surface area contributed by atoms with Crippen molar-refractivity contribution in [2.45, 2.75) is 118 Å². The second-order valence-corrected chi connectivity index (χ2v) is 18.0. The highest BCUT2D eigenvalue weighted by atomic mass is 16.7. The van der Waals surface area contributed by atoms with E-state index in [0.29, 0.717) is 31.8 Å². The number of Topliss-reactive ketones (excluding diaryl/α,β-unsaturated/α-hetero) is 1. The summed E-state index contributed by atoms with van der Waals surface area (Å²) in [6.45, 7) is 19.5. The zero-order valence-electron chi connectivity index (χ0n) is 37.1. The third-order valence-corrected chi connectivity index (χ3v) is 12.9. The van der Waals surface area contributed by atoms with E-state index in [0.717, 1.165) is 6.54 Å². The number of ether oxygens (including phenoxy) is 4. The van der Waals surface area contributed by atoms with Crippen molar-refractivity contribution in [3.05, 3.63) is 58.0 Å². The van der Waals surface area contributed by atoms with Crippen LogP contribution < -0.4 is 20.8 Å². The number of nitrogens with one attached hydrogen (secondary N) is 1. The van der Waals surface area contributed by atoms with Gasteiger partial charge < -0.3 is 49.6 Å². The number of ketones is 1. The van der Waals surface area contributed by atoms with Crippen LogP contribution in [0.1, 0.15) is 91.1 Å². The van der Waals surface area contributed by atoms with Gasteiger partial charge in [0, 0.05) is 93.6 Å². The standard InChI is InChI=1S/C46H62N4O11/c1-22(2)21-50-18-16-46(17-19-50)48-34-31-32-39(54)28(8)42-33(31)43(56)45(10,61-42)59-20-15-30(58-11)25(5)41(60-29(9)51)27(7)38(53)26(6)37(52)23(3)13-12-14-24(4)44(57)47-36(40(32)55)35(34)49-46/h12-15,20,22-23,25-27,30,37-38,41,52-55H,16-19,21H2,1-11H3,(H,47,57)/b13-12+,20-15-,24-14+/t23-,25+,26+,27+,30-,37-,38+,41+,45-/m0/s1. The Morgan fingerprint density at radius 1 is 0.967 bits per heavy atom. The highest BCUT2D eigenvalue weighted by Gasteiger charge is 2.50. The predicted octanol–water partition coefficient (Wildman–Crippen LogP) is 4.75. The number of carbonyl (C=O) groups is 3. The van der Waals surface area contributed by atoms with Gasteiger partial charge in [0.05, 0.1) is 40.9 Å². The van der Waals surface area contributed by atoms with Crippen LogP contribution in [-0.2, 0) is 23.8 Å². The molecule has 0 aliphatic carbocycles. The van der Waals surface area contributed by atoms with Crippen molar-refractivity contribution in [3.63, 3.8) is 0 Å². The molecule has 0 radical (unpaired) electrons. The second-order valence-electron chi connectivity index (χ2n) is 18.0. The van der Waals surface area contributed by atoms with Crippen molar-refractivity contribution in [2.75, 3.05) is 32.1 Å². The molecule has 9 atom stereocenters. The molecule has 1 amide bonds. The lowest BCUT2D eigenvalue weighted by Gasteiger charge is -2.38. The van der Waals surface area contributed by atoms with Gasteiger partial charge in [0.1, 0.15) is 28.6 Å². The zero-order valence-corrected chi connectivity index (χ0v) is 37.1. The zero-order chi connectivity index (χ0) is 44.9. The van der Waals surface area contributed by atoms with Crippen molar-refractivity contribution in [2.24, 2.45) is 39.6 Å². The number of fused-ring (bicyclic) bond motifs is 1. The quantitative estimate of drug-likeness (QED) is 0.209. The van der Waals surface area contributed by atoms with E-state index < -0.39 is 82.9 Å². The molecule has 2 aromatic carbocycles. The average Bonchev–Trinajstić information content (AvgIpc) is 3.71. The van der Waals surface area contributed by atoms with Crippen molar-refractivity contribution in [1.82, 2.24) is 4.90 Å². The summed E-state index contributed by atoms with van der Waals surface area (Å²) in [5, 5.41) is 50.2. The predicted molar refractivity (Wildman–Crippen MR) is 228 cm³/mol. The van der Waals surface area contributed by atoms with Crippen LogP contribution in [-0.4, -0.2) is 106 Å². The summed E-state index contributed by atoms with van der Waals surface area (Å²) in [7, 11) is 1.47. The lowest BCUT2D eigenvalue weighted by Crippen LogP contribution is -2.46.